The van der Waals surface area contributed by atoms with Crippen LogP contribution >= 0.6 is 27.5 Å². The van der Waals surface area contributed by atoms with Gasteiger partial charge in [-0.15, -0.1) is 0 Å². The Hall–Kier alpha value is -1.37. The number of carbonyl (C=O) groups excluding carboxylic acids is 1. The van der Waals surface area contributed by atoms with Gasteiger partial charge in [-0.25, -0.2) is 13.2 Å². The maximum atomic E-state index is 12.2. The molecule has 0 unspecified atom stereocenters. The number of esters is 1. The van der Waals surface area contributed by atoms with Crippen molar-refractivity contribution in [1.82, 2.24) is 0 Å². The Morgan fingerprint density at radius 2 is 1.86 bits per heavy atom. The molecule has 7 heteroatoms. The van der Waals surface area contributed by atoms with Crippen LogP contribution in [-0.2, 0) is 9.84 Å². The maximum absolute atomic E-state index is 12.2. The Balaban J connectivity index is 2.38. The Kier molecular flexibility index (Phi) is 4.70. The Labute approximate surface area is 135 Å². The largest absolute Gasteiger partial charge is 0.421 e. The normalized spacial score (nSPS) is 11.2. The molecule has 0 saturated heterocycles. The summed E-state index contributed by atoms with van der Waals surface area (Å²) in [6.45, 7) is 0. The van der Waals surface area contributed by atoms with E-state index in [2.05, 4.69) is 15.9 Å². The first-order valence-corrected chi connectivity index (χ1v) is 8.81. The molecule has 2 aromatic rings. The van der Waals surface area contributed by atoms with E-state index >= 15 is 0 Å². The molecular weight excluding hydrogens is 380 g/mol. The van der Waals surface area contributed by atoms with E-state index in [0.29, 0.717) is 0 Å². The summed E-state index contributed by atoms with van der Waals surface area (Å²) in [7, 11) is -3.53. The monoisotopic (exact) mass is 388 g/mol. The lowest BCUT2D eigenvalue weighted by molar-refractivity contribution is 0.0731. The van der Waals surface area contributed by atoms with Gasteiger partial charge in [0.15, 0.2) is 9.84 Å². The summed E-state index contributed by atoms with van der Waals surface area (Å²) in [6, 6.07) is 10.6. The number of sulfone groups is 1. The fraction of sp³-hybridized carbons (Fsp3) is 0.0714. The number of hydrogen-bond acceptors (Lipinski definition) is 4. The fourth-order valence-corrected chi connectivity index (χ4v) is 3.26. The van der Waals surface area contributed by atoms with Gasteiger partial charge in [0.1, 0.15) is 5.75 Å². The van der Waals surface area contributed by atoms with Crippen LogP contribution in [0.15, 0.2) is 51.8 Å². The summed E-state index contributed by atoms with van der Waals surface area (Å²) >= 11 is 9.21. The molecule has 0 radical (unpaired) electrons. The van der Waals surface area contributed by atoms with Gasteiger partial charge in [0.25, 0.3) is 0 Å². The number of carbonyl (C=O) groups is 1. The van der Waals surface area contributed by atoms with Gasteiger partial charge in [-0.2, -0.15) is 0 Å². The van der Waals surface area contributed by atoms with Gasteiger partial charge >= 0.3 is 5.97 Å². The molecule has 4 nitrogen and oxygen atoms in total. The first-order valence-electron chi connectivity index (χ1n) is 5.75. The highest BCUT2D eigenvalue weighted by atomic mass is 79.9. The average molecular weight is 390 g/mol. The van der Waals surface area contributed by atoms with Crippen LogP contribution in [0.3, 0.4) is 0 Å². The standard InChI is InChI=1S/C14H10BrClO4S/c1-21(18,19)13-5-3-2-4-10(13)14(17)20-12-7-6-9(15)8-11(12)16/h2-8H,1H3. The van der Waals surface area contributed by atoms with Gasteiger partial charge < -0.3 is 4.74 Å². The molecule has 0 aliphatic heterocycles. The highest BCUT2D eigenvalue weighted by molar-refractivity contribution is 9.10. The van der Waals surface area contributed by atoms with Crippen molar-refractivity contribution in [3.63, 3.8) is 0 Å². The zero-order chi connectivity index (χ0) is 15.6. The molecular formula is C14H10BrClO4S. The van der Waals surface area contributed by atoms with E-state index in [1.807, 2.05) is 0 Å². The third-order valence-electron chi connectivity index (χ3n) is 2.60. The molecule has 0 heterocycles. The van der Waals surface area contributed by atoms with Gasteiger partial charge in [-0.05, 0) is 30.3 Å². The molecule has 110 valence electrons. The number of benzene rings is 2. The van der Waals surface area contributed by atoms with E-state index < -0.39 is 15.8 Å². The Bertz CT molecular complexity index is 802. The average Bonchev–Trinajstić information content (AvgIpc) is 2.41. The van der Waals surface area contributed by atoms with Crippen molar-refractivity contribution in [3.05, 3.63) is 57.5 Å². The Morgan fingerprint density at radius 3 is 2.48 bits per heavy atom. The van der Waals surface area contributed by atoms with Crippen LogP contribution in [0.2, 0.25) is 5.02 Å². The lowest BCUT2D eigenvalue weighted by Crippen LogP contribution is -2.13. The molecule has 2 aromatic carbocycles. The van der Waals surface area contributed by atoms with Crippen LogP contribution in [0.5, 0.6) is 5.75 Å². The predicted octanol–water partition coefficient (Wildman–Crippen LogP) is 3.73. The number of halogens is 2. The van der Waals surface area contributed by atoms with Crippen molar-refractivity contribution in [1.29, 1.82) is 0 Å². The van der Waals surface area contributed by atoms with Crippen LogP contribution < -0.4 is 4.74 Å². The molecule has 0 aromatic heterocycles. The van der Waals surface area contributed by atoms with Crippen molar-refractivity contribution in [2.75, 3.05) is 6.26 Å². The van der Waals surface area contributed by atoms with Crippen molar-refractivity contribution >= 4 is 43.3 Å². The van der Waals surface area contributed by atoms with Crippen molar-refractivity contribution in [2.24, 2.45) is 0 Å². The van der Waals surface area contributed by atoms with Gasteiger partial charge in [0.05, 0.1) is 15.5 Å². The first-order chi connectivity index (χ1) is 9.79. The minimum absolute atomic E-state index is 0.0287. The lowest BCUT2D eigenvalue weighted by atomic mass is 10.2. The third kappa shape index (κ3) is 3.84. The second-order valence-electron chi connectivity index (χ2n) is 4.23. The first kappa shape index (κ1) is 16.0. The number of hydrogen-bond donors (Lipinski definition) is 0. The van der Waals surface area contributed by atoms with Crippen molar-refractivity contribution in [3.8, 4) is 5.75 Å². The highest BCUT2D eigenvalue weighted by Crippen LogP contribution is 2.29. The SMILES string of the molecule is CS(=O)(=O)c1ccccc1C(=O)Oc1ccc(Br)cc1Cl. The minimum atomic E-state index is -3.53. The zero-order valence-corrected chi connectivity index (χ0v) is 14.0. The van der Waals surface area contributed by atoms with E-state index in [9.17, 15) is 13.2 Å². The molecule has 0 atom stereocenters. The quantitative estimate of drug-likeness (QED) is 0.593. The molecule has 0 amide bonds. The van der Waals surface area contributed by atoms with E-state index in [0.717, 1.165) is 10.7 Å². The number of rotatable bonds is 3. The Morgan fingerprint density at radius 1 is 1.19 bits per heavy atom. The van der Waals surface area contributed by atoms with E-state index in [-0.39, 0.29) is 21.2 Å². The van der Waals surface area contributed by atoms with E-state index in [1.54, 1.807) is 24.3 Å². The van der Waals surface area contributed by atoms with Crippen LogP contribution in [-0.4, -0.2) is 20.6 Å². The second kappa shape index (κ2) is 6.17. The topological polar surface area (TPSA) is 60.4 Å². The summed E-state index contributed by atoms with van der Waals surface area (Å²) in [6.07, 6.45) is 1.03. The van der Waals surface area contributed by atoms with Crippen LogP contribution in [0, 0.1) is 0 Å². The van der Waals surface area contributed by atoms with Crippen molar-refractivity contribution < 1.29 is 17.9 Å². The van der Waals surface area contributed by atoms with E-state index in [1.165, 1.54) is 18.2 Å². The van der Waals surface area contributed by atoms with Gasteiger partial charge in [-0.3, -0.25) is 0 Å². The maximum Gasteiger partial charge on any atom is 0.344 e. The van der Waals surface area contributed by atoms with Crippen LogP contribution in [0.1, 0.15) is 10.4 Å². The van der Waals surface area contributed by atoms with Gasteiger partial charge in [-0.1, -0.05) is 39.7 Å². The molecule has 2 rings (SSSR count). The van der Waals surface area contributed by atoms with Gasteiger partial charge in [0.2, 0.25) is 0 Å². The molecule has 0 saturated carbocycles. The van der Waals surface area contributed by atoms with Crippen LogP contribution in [0.4, 0.5) is 0 Å². The summed E-state index contributed by atoms with van der Waals surface area (Å²) in [5.74, 6) is -0.617. The smallest absolute Gasteiger partial charge is 0.344 e. The summed E-state index contributed by atoms with van der Waals surface area (Å²) in [5.41, 5.74) is -0.0287. The highest BCUT2D eigenvalue weighted by Gasteiger charge is 2.20. The van der Waals surface area contributed by atoms with Gasteiger partial charge in [0, 0.05) is 10.7 Å². The molecule has 0 aliphatic rings. The fourth-order valence-electron chi connectivity index (χ4n) is 1.67. The summed E-state index contributed by atoms with van der Waals surface area (Å²) in [4.78, 5) is 12.1. The second-order valence-corrected chi connectivity index (χ2v) is 7.54. The van der Waals surface area contributed by atoms with Crippen molar-refractivity contribution in [2.45, 2.75) is 4.90 Å². The summed E-state index contributed by atoms with van der Waals surface area (Å²) < 4.78 is 29.3. The molecule has 0 fully saturated rings. The third-order valence-corrected chi connectivity index (χ3v) is 4.55. The molecule has 0 bridgehead atoms. The number of ether oxygens (including phenoxy) is 1. The lowest BCUT2D eigenvalue weighted by Gasteiger charge is -2.09. The molecule has 21 heavy (non-hydrogen) atoms. The molecule has 0 N–H and O–H groups in total. The predicted molar refractivity (Wildman–Crippen MR) is 83.7 cm³/mol. The minimum Gasteiger partial charge on any atom is -0.421 e. The van der Waals surface area contributed by atoms with Crippen LogP contribution in [0.25, 0.3) is 0 Å². The molecule has 0 aliphatic carbocycles. The zero-order valence-electron chi connectivity index (χ0n) is 10.8. The van der Waals surface area contributed by atoms with E-state index in [4.69, 9.17) is 16.3 Å². The summed E-state index contributed by atoms with van der Waals surface area (Å²) in [5, 5.41) is 0.245. The molecule has 0 spiro atoms.